The average molecular weight is 377 g/mol. The van der Waals surface area contributed by atoms with Crippen LogP contribution in [0.15, 0.2) is 36.4 Å². The number of hydrogen-bond donors (Lipinski definition) is 2. The first kappa shape index (κ1) is 20.1. The van der Waals surface area contributed by atoms with E-state index < -0.39 is 0 Å². The molecule has 5 nitrogen and oxygen atoms in total. The van der Waals surface area contributed by atoms with Crippen molar-refractivity contribution in [3.63, 3.8) is 0 Å². The van der Waals surface area contributed by atoms with Crippen molar-refractivity contribution in [1.29, 1.82) is 0 Å². The molecule has 0 atom stereocenters. The molecule has 0 bridgehead atoms. The molecule has 26 heavy (non-hydrogen) atoms. The molecule has 2 aromatic carbocycles. The summed E-state index contributed by atoms with van der Waals surface area (Å²) in [5.74, 6) is 0.785. The van der Waals surface area contributed by atoms with Gasteiger partial charge in [0.1, 0.15) is 0 Å². The molecular formula is C20H25ClN2O3. The number of benzene rings is 2. The topological polar surface area (TPSA) is 59.6 Å². The third-order valence-electron chi connectivity index (χ3n) is 3.67. The summed E-state index contributed by atoms with van der Waals surface area (Å²) in [7, 11) is 0. The molecule has 0 saturated carbocycles. The van der Waals surface area contributed by atoms with Gasteiger partial charge >= 0.3 is 0 Å². The molecule has 2 aromatic rings. The van der Waals surface area contributed by atoms with Crippen molar-refractivity contribution in [2.75, 3.05) is 25.1 Å². The molecule has 0 saturated heterocycles. The molecule has 2 rings (SSSR count). The molecule has 1 amide bonds. The average Bonchev–Trinajstić information content (AvgIpc) is 2.62. The molecular weight excluding hydrogens is 352 g/mol. The molecule has 2 N–H and O–H groups in total. The van der Waals surface area contributed by atoms with Crippen molar-refractivity contribution in [3.05, 3.63) is 52.5 Å². The van der Waals surface area contributed by atoms with E-state index in [4.69, 9.17) is 21.1 Å². The Morgan fingerprint density at radius 2 is 1.77 bits per heavy atom. The lowest BCUT2D eigenvalue weighted by molar-refractivity contribution is -0.118. The number of nitrogens with one attached hydrogen (secondary N) is 2. The maximum atomic E-state index is 12.1. The van der Waals surface area contributed by atoms with Crippen LogP contribution in [0, 0.1) is 6.92 Å². The number of rotatable bonds is 9. The minimum atomic E-state index is -0.246. The summed E-state index contributed by atoms with van der Waals surface area (Å²) in [5, 5.41) is 6.60. The Kier molecular flexibility index (Phi) is 7.75. The van der Waals surface area contributed by atoms with Crippen LogP contribution >= 0.6 is 11.6 Å². The first-order chi connectivity index (χ1) is 12.5. The monoisotopic (exact) mass is 376 g/mol. The SMILES string of the molecule is CCNCc1cc(OCC)c(OCC(=O)Nc2ccc(C)cc2)cc1Cl. The molecule has 0 radical (unpaired) electrons. The van der Waals surface area contributed by atoms with Crippen LogP contribution in [0.3, 0.4) is 0 Å². The van der Waals surface area contributed by atoms with E-state index in [-0.39, 0.29) is 12.5 Å². The number of anilines is 1. The van der Waals surface area contributed by atoms with Crippen LogP contribution in [-0.2, 0) is 11.3 Å². The maximum Gasteiger partial charge on any atom is 0.262 e. The van der Waals surface area contributed by atoms with E-state index in [1.807, 2.05) is 51.1 Å². The van der Waals surface area contributed by atoms with E-state index in [1.165, 1.54) is 0 Å². The molecule has 0 aliphatic heterocycles. The van der Waals surface area contributed by atoms with Crippen molar-refractivity contribution in [2.24, 2.45) is 0 Å². The van der Waals surface area contributed by atoms with Crippen LogP contribution < -0.4 is 20.1 Å². The lowest BCUT2D eigenvalue weighted by atomic mass is 10.2. The van der Waals surface area contributed by atoms with Crippen LogP contribution in [0.25, 0.3) is 0 Å². The van der Waals surface area contributed by atoms with Gasteiger partial charge in [-0.15, -0.1) is 0 Å². The molecule has 0 spiro atoms. The van der Waals surface area contributed by atoms with Crippen LogP contribution in [0.5, 0.6) is 11.5 Å². The third kappa shape index (κ3) is 5.93. The van der Waals surface area contributed by atoms with E-state index in [0.717, 1.165) is 23.4 Å². The maximum absolute atomic E-state index is 12.1. The summed E-state index contributed by atoms with van der Waals surface area (Å²) in [6.45, 7) is 7.77. The van der Waals surface area contributed by atoms with Crippen LogP contribution in [0.4, 0.5) is 5.69 Å². The fourth-order valence-electron chi connectivity index (χ4n) is 2.33. The van der Waals surface area contributed by atoms with E-state index in [0.29, 0.717) is 29.7 Å². The summed E-state index contributed by atoms with van der Waals surface area (Å²) in [5.41, 5.74) is 2.79. The van der Waals surface area contributed by atoms with E-state index >= 15 is 0 Å². The highest BCUT2D eigenvalue weighted by Gasteiger charge is 2.13. The predicted molar refractivity (Wildman–Crippen MR) is 105 cm³/mol. The Balaban J connectivity index is 2.03. The van der Waals surface area contributed by atoms with E-state index in [9.17, 15) is 4.79 Å². The molecule has 0 unspecified atom stereocenters. The smallest absolute Gasteiger partial charge is 0.262 e. The quantitative estimate of drug-likeness (QED) is 0.689. The minimum Gasteiger partial charge on any atom is -0.490 e. The Morgan fingerprint density at radius 1 is 1.08 bits per heavy atom. The van der Waals surface area contributed by atoms with Gasteiger partial charge in [0.25, 0.3) is 5.91 Å². The van der Waals surface area contributed by atoms with Gasteiger partial charge in [0.15, 0.2) is 18.1 Å². The highest BCUT2D eigenvalue weighted by Crippen LogP contribution is 2.33. The normalized spacial score (nSPS) is 10.5. The Morgan fingerprint density at radius 3 is 2.42 bits per heavy atom. The highest BCUT2D eigenvalue weighted by atomic mass is 35.5. The lowest BCUT2D eigenvalue weighted by Crippen LogP contribution is -2.20. The van der Waals surface area contributed by atoms with Crippen LogP contribution in [-0.4, -0.2) is 25.7 Å². The van der Waals surface area contributed by atoms with Gasteiger partial charge in [-0.3, -0.25) is 4.79 Å². The fourth-order valence-corrected chi connectivity index (χ4v) is 2.55. The number of halogens is 1. The second kappa shape index (κ2) is 10.0. The molecule has 140 valence electrons. The van der Waals surface area contributed by atoms with Gasteiger partial charge < -0.3 is 20.1 Å². The van der Waals surface area contributed by atoms with E-state index in [2.05, 4.69) is 10.6 Å². The molecule has 0 aliphatic rings. The predicted octanol–water partition coefficient (Wildman–Crippen LogP) is 4.17. The molecule has 0 heterocycles. The lowest BCUT2D eigenvalue weighted by Gasteiger charge is -2.15. The number of aryl methyl sites for hydroxylation is 1. The molecule has 0 aromatic heterocycles. The first-order valence-electron chi connectivity index (χ1n) is 8.68. The minimum absolute atomic E-state index is 0.128. The number of ether oxygens (including phenoxy) is 2. The zero-order valence-electron chi connectivity index (χ0n) is 15.4. The van der Waals surface area contributed by atoms with Crippen LogP contribution in [0.1, 0.15) is 25.0 Å². The Bertz CT molecular complexity index is 733. The summed E-state index contributed by atoms with van der Waals surface area (Å²) >= 11 is 6.32. The Labute approximate surface area is 159 Å². The van der Waals surface area contributed by atoms with Crippen LogP contribution in [0.2, 0.25) is 5.02 Å². The summed E-state index contributed by atoms with van der Waals surface area (Å²) in [6.07, 6.45) is 0. The zero-order chi connectivity index (χ0) is 18.9. The Hall–Kier alpha value is -2.24. The van der Waals surface area contributed by atoms with Gasteiger partial charge in [-0.1, -0.05) is 36.2 Å². The van der Waals surface area contributed by atoms with Crippen molar-refractivity contribution >= 4 is 23.2 Å². The van der Waals surface area contributed by atoms with Crippen molar-refractivity contribution in [2.45, 2.75) is 27.3 Å². The molecule has 0 aliphatic carbocycles. The summed E-state index contributed by atoms with van der Waals surface area (Å²) in [4.78, 5) is 12.1. The van der Waals surface area contributed by atoms with Gasteiger partial charge in [0.05, 0.1) is 6.61 Å². The molecule has 0 fully saturated rings. The standard InChI is InChI=1S/C20H25ClN2O3/c1-4-22-12-15-10-18(25-5-2)19(11-17(15)21)26-13-20(24)23-16-8-6-14(3)7-9-16/h6-11,22H,4-5,12-13H2,1-3H3,(H,23,24). The molecule has 6 heteroatoms. The third-order valence-corrected chi connectivity index (χ3v) is 4.02. The second-order valence-corrected chi connectivity index (χ2v) is 6.21. The number of carbonyl (C=O) groups is 1. The van der Waals surface area contributed by atoms with Gasteiger partial charge in [-0.05, 0) is 44.2 Å². The van der Waals surface area contributed by atoms with Crippen molar-refractivity contribution in [1.82, 2.24) is 5.32 Å². The van der Waals surface area contributed by atoms with Crippen molar-refractivity contribution < 1.29 is 14.3 Å². The zero-order valence-corrected chi connectivity index (χ0v) is 16.2. The van der Waals surface area contributed by atoms with E-state index in [1.54, 1.807) is 6.07 Å². The number of carbonyl (C=O) groups excluding carboxylic acids is 1. The van der Waals surface area contributed by atoms with Gasteiger partial charge in [-0.2, -0.15) is 0 Å². The number of amides is 1. The number of hydrogen-bond acceptors (Lipinski definition) is 4. The second-order valence-electron chi connectivity index (χ2n) is 5.81. The largest absolute Gasteiger partial charge is 0.490 e. The fraction of sp³-hybridized carbons (Fsp3) is 0.350. The van der Waals surface area contributed by atoms with Gasteiger partial charge in [0, 0.05) is 23.3 Å². The highest BCUT2D eigenvalue weighted by molar-refractivity contribution is 6.31. The van der Waals surface area contributed by atoms with Gasteiger partial charge in [0.2, 0.25) is 0 Å². The van der Waals surface area contributed by atoms with Crippen molar-refractivity contribution in [3.8, 4) is 11.5 Å². The summed E-state index contributed by atoms with van der Waals surface area (Å²) in [6, 6.07) is 11.1. The summed E-state index contributed by atoms with van der Waals surface area (Å²) < 4.78 is 11.3. The van der Waals surface area contributed by atoms with Gasteiger partial charge in [-0.25, -0.2) is 0 Å². The first-order valence-corrected chi connectivity index (χ1v) is 9.06.